The molecule has 2 aromatic carbocycles. The highest BCUT2D eigenvalue weighted by molar-refractivity contribution is 5.77. The Hall–Kier alpha value is -2.99. The van der Waals surface area contributed by atoms with Crippen molar-refractivity contribution in [1.82, 2.24) is 19.4 Å². The minimum absolute atomic E-state index is 0.0787. The molecule has 0 unspecified atom stereocenters. The lowest BCUT2D eigenvalue weighted by molar-refractivity contribution is -0.133. The number of piperidine rings is 1. The molecule has 162 valence electrons. The summed E-state index contributed by atoms with van der Waals surface area (Å²) in [4.78, 5) is 34.2. The Balaban J connectivity index is 1.31. The fourth-order valence-electron chi connectivity index (χ4n) is 4.34. The van der Waals surface area contributed by atoms with Crippen molar-refractivity contribution in [2.45, 2.75) is 38.3 Å². The zero-order chi connectivity index (χ0) is 21.6. The molecule has 1 saturated heterocycles. The lowest BCUT2D eigenvalue weighted by Crippen LogP contribution is -2.49. The lowest BCUT2D eigenvalue weighted by Gasteiger charge is -2.37. The van der Waals surface area contributed by atoms with Crippen molar-refractivity contribution in [1.29, 1.82) is 0 Å². The maximum atomic E-state index is 12.8. The number of para-hydroxylation sites is 1. The Morgan fingerprint density at radius 3 is 2.71 bits per heavy atom. The minimum atomic E-state index is -0.0918. The van der Waals surface area contributed by atoms with Gasteiger partial charge in [0.1, 0.15) is 0 Å². The van der Waals surface area contributed by atoms with Crippen LogP contribution < -0.4 is 5.56 Å². The van der Waals surface area contributed by atoms with Crippen molar-refractivity contribution in [3.05, 3.63) is 76.8 Å². The van der Waals surface area contributed by atoms with E-state index in [9.17, 15) is 9.59 Å². The molecule has 2 heterocycles. The van der Waals surface area contributed by atoms with Gasteiger partial charge in [-0.1, -0.05) is 42.5 Å². The number of amides is 1. The van der Waals surface area contributed by atoms with E-state index in [0.29, 0.717) is 23.9 Å². The highest BCUT2D eigenvalue weighted by atomic mass is 16.2. The van der Waals surface area contributed by atoms with Crippen LogP contribution in [0.5, 0.6) is 0 Å². The van der Waals surface area contributed by atoms with E-state index in [-0.39, 0.29) is 17.5 Å². The summed E-state index contributed by atoms with van der Waals surface area (Å²) in [6.07, 6.45) is 5.01. The van der Waals surface area contributed by atoms with E-state index in [1.54, 1.807) is 17.0 Å². The monoisotopic (exact) mass is 418 g/mol. The third kappa shape index (κ3) is 5.20. The number of aromatic nitrogens is 2. The number of aryl methyl sites for hydroxylation is 1. The molecule has 0 aliphatic carbocycles. The lowest BCUT2D eigenvalue weighted by atomic mass is 10.0. The summed E-state index contributed by atoms with van der Waals surface area (Å²) >= 11 is 0. The van der Waals surface area contributed by atoms with Gasteiger partial charge in [0.05, 0.1) is 17.2 Å². The molecule has 3 aromatic rings. The second-order valence-corrected chi connectivity index (χ2v) is 8.35. The number of likely N-dealkylation sites (tertiary alicyclic amines) is 1. The van der Waals surface area contributed by atoms with Gasteiger partial charge < -0.3 is 9.80 Å². The van der Waals surface area contributed by atoms with E-state index < -0.39 is 0 Å². The van der Waals surface area contributed by atoms with E-state index in [1.165, 1.54) is 5.56 Å². The molecule has 31 heavy (non-hydrogen) atoms. The fourth-order valence-corrected chi connectivity index (χ4v) is 4.34. The smallest absolute Gasteiger partial charge is 0.261 e. The van der Waals surface area contributed by atoms with Crippen LogP contribution in [0, 0.1) is 0 Å². The van der Waals surface area contributed by atoms with Gasteiger partial charge in [-0.25, -0.2) is 4.98 Å². The number of hydrogen-bond acceptors (Lipinski definition) is 4. The van der Waals surface area contributed by atoms with Gasteiger partial charge in [0, 0.05) is 39.1 Å². The van der Waals surface area contributed by atoms with Gasteiger partial charge in [-0.2, -0.15) is 0 Å². The number of nitrogens with zero attached hydrogens (tertiary/aromatic N) is 4. The summed E-state index contributed by atoms with van der Waals surface area (Å²) in [7, 11) is 1.90. The molecular formula is C25H30N4O2. The van der Waals surface area contributed by atoms with Crippen molar-refractivity contribution in [3.8, 4) is 0 Å². The standard InChI is InChI=1S/C25H30N4O2/c1-27(21-10-7-15-28(18-21)16-13-20-8-3-2-4-9-20)24(30)14-17-29-19-26-23-12-6-5-11-22(23)25(29)31/h2-6,8-9,11-12,19,21H,7,10,13-18H2,1H3/t21-/m1/s1. The van der Waals surface area contributed by atoms with Gasteiger partial charge in [0.2, 0.25) is 5.91 Å². The molecule has 0 saturated carbocycles. The number of fused-ring (bicyclic) bond motifs is 1. The molecule has 0 spiro atoms. The van der Waals surface area contributed by atoms with Crippen LogP contribution in [0.1, 0.15) is 24.8 Å². The molecular weight excluding hydrogens is 388 g/mol. The molecule has 6 heteroatoms. The molecule has 1 amide bonds. The molecule has 0 bridgehead atoms. The quantitative estimate of drug-likeness (QED) is 0.592. The number of carbonyl (C=O) groups is 1. The number of carbonyl (C=O) groups excluding carboxylic acids is 1. The van der Waals surface area contributed by atoms with E-state index in [1.807, 2.05) is 36.2 Å². The Labute approximate surface area is 183 Å². The van der Waals surface area contributed by atoms with Crippen molar-refractivity contribution in [3.63, 3.8) is 0 Å². The van der Waals surface area contributed by atoms with Crippen LogP contribution in [0.15, 0.2) is 65.7 Å². The van der Waals surface area contributed by atoms with Crippen molar-refractivity contribution >= 4 is 16.8 Å². The molecule has 4 rings (SSSR count). The Morgan fingerprint density at radius 1 is 1.10 bits per heavy atom. The molecule has 1 aliphatic heterocycles. The van der Waals surface area contributed by atoms with E-state index in [4.69, 9.17) is 0 Å². The zero-order valence-corrected chi connectivity index (χ0v) is 18.1. The molecule has 1 aromatic heterocycles. The summed E-state index contributed by atoms with van der Waals surface area (Å²) in [5, 5.41) is 0.590. The van der Waals surface area contributed by atoms with E-state index in [2.05, 4.69) is 34.1 Å². The summed E-state index contributed by atoms with van der Waals surface area (Å²) in [5.74, 6) is 0.0787. The maximum Gasteiger partial charge on any atom is 0.261 e. The second-order valence-electron chi connectivity index (χ2n) is 8.35. The SMILES string of the molecule is CN(C(=O)CCn1cnc2ccccc2c1=O)[C@@H]1CCCN(CCc2ccccc2)C1. The molecule has 1 atom stereocenters. The van der Waals surface area contributed by atoms with Crippen molar-refractivity contribution in [2.75, 3.05) is 26.7 Å². The molecule has 1 aliphatic rings. The van der Waals surface area contributed by atoms with E-state index in [0.717, 1.165) is 38.9 Å². The third-order valence-corrected chi connectivity index (χ3v) is 6.28. The Morgan fingerprint density at radius 2 is 1.87 bits per heavy atom. The van der Waals surface area contributed by atoms with Crippen LogP contribution in [-0.4, -0.2) is 58.0 Å². The molecule has 0 radical (unpaired) electrons. The summed E-state index contributed by atoms with van der Waals surface area (Å²) < 4.78 is 1.54. The first-order valence-electron chi connectivity index (χ1n) is 11.1. The van der Waals surface area contributed by atoms with Crippen LogP contribution >= 0.6 is 0 Å². The zero-order valence-electron chi connectivity index (χ0n) is 18.1. The van der Waals surface area contributed by atoms with Gasteiger partial charge >= 0.3 is 0 Å². The van der Waals surface area contributed by atoms with Gasteiger partial charge in [-0.3, -0.25) is 14.2 Å². The summed E-state index contributed by atoms with van der Waals surface area (Å²) in [6.45, 7) is 3.36. The van der Waals surface area contributed by atoms with Gasteiger partial charge in [-0.15, -0.1) is 0 Å². The number of rotatable bonds is 7. The molecule has 0 N–H and O–H groups in total. The normalized spacial score (nSPS) is 17.0. The predicted molar refractivity (Wildman–Crippen MR) is 123 cm³/mol. The van der Waals surface area contributed by atoms with Crippen LogP contribution in [0.3, 0.4) is 0 Å². The number of hydrogen-bond donors (Lipinski definition) is 0. The first-order valence-corrected chi connectivity index (χ1v) is 11.1. The number of benzene rings is 2. The second kappa shape index (κ2) is 9.88. The first kappa shape index (κ1) is 21.2. The summed E-state index contributed by atoms with van der Waals surface area (Å²) in [6, 6.07) is 18.1. The Kier molecular flexibility index (Phi) is 6.77. The van der Waals surface area contributed by atoms with Crippen LogP contribution in [-0.2, 0) is 17.8 Å². The maximum absolute atomic E-state index is 12.8. The first-order chi connectivity index (χ1) is 15.1. The Bertz CT molecular complexity index is 1080. The highest BCUT2D eigenvalue weighted by Crippen LogP contribution is 2.16. The highest BCUT2D eigenvalue weighted by Gasteiger charge is 2.25. The van der Waals surface area contributed by atoms with Crippen molar-refractivity contribution < 1.29 is 4.79 Å². The third-order valence-electron chi connectivity index (χ3n) is 6.28. The minimum Gasteiger partial charge on any atom is -0.341 e. The van der Waals surface area contributed by atoms with Gasteiger partial charge in [-0.05, 0) is 43.5 Å². The van der Waals surface area contributed by atoms with Gasteiger partial charge in [0.25, 0.3) is 5.56 Å². The largest absolute Gasteiger partial charge is 0.341 e. The summed E-state index contributed by atoms with van der Waals surface area (Å²) in [5.41, 5.74) is 1.94. The fraction of sp³-hybridized carbons (Fsp3) is 0.400. The van der Waals surface area contributed by atoms with E-state index >= 15 is 0 Å². The van der Waals surface area contributed by atoms with Crippen LogP contribution in [0.4, 0.5) is 0 Å². The average Bonchev–Trinajstić information content (AvgIpc) is 2.82. The topological polar surface area (TPSA) is 58.4 Å². The van der Waals surface area contributed by atoms with Crippen LogP contribution in [0.25, 0.3) is 10.9 Å². The van der Waals surface area contributed by atoms with Gasteiger partial charge in [0.15, 0.2) is 0 Å². The molecule has 6 nitrogen and oxygen atoms in total. The average molecular weight is 419 g/mol. The van der Waals surface area contributed by atoms with Crippen LogP contribution in [0.2, 0.25) is 0 Å². The van der Waals surface area contributed by atoms with Crippen molar-refractivity contribution in [2.24, 2.45) is 0 Å². The number of likely N-dealkylation sites (N-methyl/N-ethyl adjacent to an activating group) is 1. The predicted octanol–water partition coefficient (Wildman–Crippen LogP) is 2.95. The molecule has 1 fully saturated rings.